The van der Waals surface area contributed by atoms with Crippen molar-refractivity contribution in [1.29, 1.82) is 0 Å². The third-order valence-electron chi connectivity index (χ3n) is 3.67. The third kappa shape index (κ3) is 3.35. The Bertz CT molecular complexity index is 536. The molecule has 1 aromatic rings. The van der Waals surface area contributed by atoms with E-state index < -0.39 is 16.1 Å². The lowest BCUT2D eigenvalue weighted by molar-refractivity contribution is 0.254. The molecular formula is C14H21NO3S. The average molecular weight is 283 g/mol. The molecule has 0 bridgehead atoms. The number of fused-ring (bicyclic) bond motifs is 1. The molecule has 0 radical (unpaired) electrons. The molecule has 0 saturated carbocycles. The molecule has 0 heterocycles. The lowest BCUT2D eigenvalue weighted by Crippen LogP contribution is -2.36. The highest BCUT2D eigenvalue weighted by Crippen LogP contribution is 2.24. The molecule has 0 spiro atoms. The quantitative estimate of drug-likeness (QED) is 0.863. The van der Waals surface area contributed by atoms with Crippen molar-refractivity contribution in [3.05, 3.63) is 29.3 Å². The number of aryl methyl sites for hydroxylation is 2. The van der Waals surface area contributed by atoms with E-state index in [1.165, 1.54) is 12.0 Å². The summed E-state index contributed by atoms with van der Waals surface area (Å²) in [6, 6.07) is 4.95. The maximum atomic E-state index is 12.2. The number of aliphatic hydroxyl groups excluding tert-OH is 1. The van der Waals surface area contributed by atoms with E-state index in [0.717, 1.165) is 24.8 Å². The SMILES string of the molecule is CC[C@H](CO)NS(=O)(=O)c1ccc2c(c1)CCCC2. The van der Waals surface area contributed by atoms with E-state index in [2.05, 4.69) is 4.72 Å². The second-order valence-corrected chi connectivity index (χ2v) is 6.76. The molecule has 1 aromatic carbocycles. The Hall–Kier alpha value is -0.910. The molecule has 1 aliphatic rings. The van der Waals surface area contributed by atoms with E-state index in [0.29, 0.717) is 11.3 Å². The molecule has 0 fully saturated rings. The summed E-state index contributed by atoms with van der Waals surface area (Å²) in [6.07, 6.45) is 4.87. The van der Waals surface area contributed by atoms with E-state index in [-0.39, 0.29) is 6.61 Å². The molecule has 0 saturated heterocycles. The summed E-state index contributed by atoms with van der Waals surface area (Å²) in [5, 5.41) is 9.10. The van der Waals surface area contributed by atoms with Crippen LogP contribution in [0.4, 0.5) is 0 Å². The first-order valence-corrected chi connectivity index (χ1v) is 8.30. The smallest absolute Gasteiger partial charge is 0.240 e. The molecule has 4 nitrogen and oxygen atoms in total. The fourth-order valence-corrected chi connectivity index (χ4v) is 3.77. The van der Waals surface area contributed by atoms with Crippen molar-refractivity contribution in [2.75, 3.05) is 6.61 Å². The Morgan fingerprint density at radius 3 is 2.58 bits per heavy atom. The molecule has 0 aliphatic heterocycles. The van der Waals surface area contributed by atoms with Gasteiger partial charge in [0.1, 0.15) is 0 Å². The van der Waals surface area contributed by atoms with Gasteiger partial charge in [-0.3, -0.25) is 0 Å². The second kappa shape index (κ2) is 6.03. The first-order chi connectivity index (χ1) is 9.06. The summed E-state index contributed by atoms with van der Waals surface area (Å²) in [5.74, 6) is 0. The highest BCUT2D eigenvalue weighted by molar-refractivity contribution is 7.89. The van der Waals surface area contributed by atoms with E-state index in [9.17, 15) is 8.42 Å². The molecule has 106 valence electrons. The number of nitrogens with one attached hydrogen (secondary N) is 1. The maximum Gasteiger partial charge on any atom is 0.240 e. The maximum absolute atomic E-state index is 12.2. The van der Waals surface area contributed by atoms with Crippen molar-refractivity contribution in [1.82, 2.24) is 4.72 Å². The summed E-state index contributed by atoms with van der Waals surface area (Å²) in [5.41, 5.74) is 2.41. The second-order valence-electron chi connectivity index (χ2n) is 5.05. The average Bonchev–Trinajstić information content (AvgIpc) is 2.44. The topological polar surface area (TPSA) is 66.4 Å². The van der Waals surface area contributed by atoms with Crippen LogP contribution < -0.4 is 4.72 Å². The van der Waals surface area contributed by atoms with Gasteiger partial charge in [0.15, 0.2) is 0 Å². The zero-order chi connectivity index (χ0) is 13.9. The summed E-state index contributed by atoms with van der Waals surface area (Å²) in [7, 11) is -3.53. The van der Waals surface area contributed by atoms with Gasteiger partial charge in [-0.25, -0.2) is 13.1 Å². The third-order valence-corrected chi connectivity index (χ3v) is 5.18. The van der Waals surface area contributed by atoms with E-state index >= 15 is 0 Å². The Balaban J connectivity index is 2.25. The van der Waals surface area contributed by atoms with Crippen molar-refractivity contribution in [2.45, 2.75) is 50.0 Å². The molecule has 2 rings (SSSR count). The molecule has 1 atom stereocenters. The van der Waals surface area contributed by atoms with Gasteiger partial charge < -0.3 is 5.11 Å². The minimum absolute atomic E-state index is 0.180. The Kier molecular flexibility index (Phi) is 4.60. The van der Waals surface area contributed by atoms with Crippen molar-refractivity contribution in [2.24, 2.45) is 0 Å². The van der Waals surface area contributed by atoms with Crippen molar-refractivity contribution in [3.8, 4) is 0 Å². The van der Waals surface area contributed by atoms with Gasteiger partial charge in [0.2, 0.25) is 10.0 Å². The fourth-order valence-electron chi connectivity index (χ4n) is 2.41. The minimum Gasteiger partial charge on any atom is -0.395 e. The van der Waals surface area contributed by atoms with Crippen LogP contribution in [-0.4, -0.2) is 26.2 Å². The number of rotatable bonds is 5. The molecule has 0 amide bonds. The Morgan fingerprint density at radius 1 is 1.26 bits per heavy atom. The summed E-state index contributed by atoms with van der Waals surface area (Å²) < 4.78 is 27.0. The van der Waals surface area contributed by atoms with Crippen LogP contribution in [0.15, 0.2) is 23.1 Å². The highest BCUT2D eigenvalue weighted by Gasteiger charge is 2.20. The molecule has 0 unspecified atom stereocenters. The van der Waals surface area contributed by atoms with Gasteiger partial charge in [0.25, 0.3) is 0 Å². The van der Waals surface area contributed by atoms with Gasteiger partial charge in [-0.15, -0.1) is 0 Å². The Morgan fingerprint density at radius 2 is 1.95 bits per heavy atom. The van der Waals surface area contributed by atoms with Crippen LogP contribution in [0.25, 0.3) is 0 Å². The van der Waals surface area contributed by atoms with Crippen LogP contribution in [0.2, 0.25) is 0 Å². The summed E-state index contributed by atoms with van der Waals surface area (Å²) >= 11 is 0. The Labute approximate surface area is 114 Å². The highest BCUT2D eigenvalue weighted by atomic mass is 32.2. The lowest BCUT2D eigenvalue weighted by Gasteiger charge is -2.18. The molecular weight excluding hydrogens is 262 g/mol. The van der Waals surface area contributed by atoms with Gasteiger partial charge in [-0.05, 0) is 55.4 Å². The molecule has 5 heteroatoms. The minimum atomic E-state index is -3.53. The normalized spacial score (nSPS) is 16.9. The number of sulfonamides is 1. The summed E-state index contributed by atoms with van der Waals surface area (Å²) in [6.45, 7) is 1.66. The van der Waals surface area contributed by atoms with Gasteiger partial charge in [-0.2, -0.15) is 0 Å². The van der Waals surface area contributed by atoms with Crippen LogP contribution in [-0.2, 0) is 22.9 Å². The van der Waals surface area contributed by atoms with Crippen LogP contribution >= 0.6 is 0 Å². The van der Waals surface area contributed by atoms with E-state index in [1.807, 2.05) is 13.0 Å². The number of benzene rings is 1. The monoisotopic (exact) mass is 283 g/mol. The lowest BCUT2D eigenvalue weighted by atomic mass is 9.92. The number of hydrogen-bond donors (Lipinski definition) is 2. The summed E-state index contributed by atoms with van der Waals surface area (Å²) in [4.78, 5) is 0.306. The molecule has 1 aliphatic carbocycles. The van der Waals surface area contributed by atoms with Crippen molar-refractivity contribution < 1.29 is 13.5 Å². The fraction of sp³-hybridized carbons (Fsp3) is 0.571. The van der Waals surface area contributed by atoms with Crippen LogP contribution in [0.3, 0.4) is 0 Å². The first kappa shape index (κ1) is 14.5. The standard InChI is InChI=1S/C14H21NO3S/c1-2-13(10-16)15-19(17,18)14-8-7-11-5-3-4-6-12(11)9-14/h7-9,13,15-16H,2-6,10H2,1H3/t13-/m1/s1. The predicted octanol–water partition coefficient (Wildman–Crippen LogP) is 1.61. The molecule has 2 N–H and O–H groups in total. The molecule has 0 aromatic heterocycles. The van der Waals surface area contributed by atoms with Crippen LogP contribution in [0, 0.1) is 0 Å². The van der Waals surface area contributed by atoms with E-state index in [4.69, 9.17) is 5.11 Å². The molecule has 19 heavy (non-hydrogen) atoms. The van der Waals surface area contributed by atoms with Crippen molar-refractivity contribution >= 4 is 10.0 Å². The number of hydrogen-bond acceptors (Lipinski definition) is 3. The van der Waals surface area contributed by atoms with Gasteiger partial charge in [-0.1, -0.05) is 13.0 Å². The van der Waals surface area contributed by atoms with Crippen LogP contribution in [0.1, 0.15) is 37.3 Å². The van der Waals surface area contributed by atoms with Gasteiger partial charge in [0.05, 0.1) is 11.5 Å². The van der Waals surface area contributed by atoms with Gasteiger partial charge in [0, 0.05) is 6.04 Å². The van der Waals surface area contributed by atoms with Gasteiger partial charge >= 0.3 is 0 Å². The van der Waals surface area contributed by atoms with Crippen molar-refractivity contribution in [3.63, 3.8) is 0 Å². The largest absolute Gasteiger partial charge is 0.395 e. The number of aliphatic hydroxyl groups is 1. The zero-order valence-corrected chi connectivity index (χ0v) is 12.0. The first-order valence-electron chi connectivity index (χ1n) is 6.82. The predicted molar refractivity (Wildman–Crippen MR) is 74.6 cm³/mol. The van der Waals surface area contributed by atoms with E-state index in [1.54, 1.807) is 12.1 Å². The van der Waals surface area contributed by atoms with Crippen LogP contribution in [0.5, 0.6) is 0 Å². The zero-order valence-electron chi connectivity index (χ0n) is 11.2.